The van der Waals surface area contributed by atoms with Gasteiger partial charge in [0.1, 0.15) is 5.75 Å². The standard InChI is InChI=1S/C25H23NO5/c1-17-8-13-22(14-18(17)2)30-16-24(28)31-15-23(27)19-9-11-21(12-10-19)26-25(29)20-6-4-3-5-7-20/h3-14H,15-16H2,1-2H3,(H,26,29). The van der Waals surface area contributed by atoms with Crippen LogP contribution in [0.5, 0.6) is 5.75 Å². The van der Waals surface area contributed by atoms with Gasteiger partial charge in [0.2, 0.25) is 0 Å². The minimum Gasteiger partial charge on any atom is -0.482 e. The molecule has 0 heterocycles. The van der Waals surface area contributed by atoms with Crippen LogP contribution in [-0.4, -0.2) is 30.9 Å². The van der Waals surface area contributed by atoms with E-state index in [1.807, 2.05) is 32.0 Å². The van der Waals surface area contributed by atoms with Gasteiger partial charge in [0.25, 0.3) is 5.91 Å². The highest BCUT2D eigenvalue weighted by molar-refractivity contribution is 6.04. The maximum atomic E-state index is 12.3. The normalized spacial score (nSPS) is 10.3. The molecule has 0 aliphatic carbocycles. The van der Waals surface area contributed by atoms with Crippen molar-refractivity contribution in [1.82, 2.24) is 0 Å². The molecule has 0 fully saturated rings. The van der Waals surface area contributed by atoms with Crippen LogP contribution in [0.25, 0.3) is 0 Å². The third-order valence-corrected chi connectivity index (χ3v) is 4.70. The Morgan fingerprint density at radius 2 is 1.48 bits per heavy atom. The lowest BCUT2D eigenvalue weighted by atomic mass is 10.1. The molecule has 1 amide bonds. The molecule has 3 aromatic rings. The van der Waals surface area contributed by atoms with E-state index in [0.29, 0.717) is 22.6 Å². The van der Waals surface area contributed by atoms with Crippen molar-refractivity contribution in [3.05, 3.63) is 95.1 Å². The van der Waals surface area contributed by atoms with Crippen LogP contribution in [0.15, 0.2) is 72.8 Å². The second kappa shape index (κ2) is 10.2. The summed E-state index contributed by atoms with van der Waals surface area (Å²) in [5, 5.41) is 2.76. The first-order chi connectivity index (χ1) is 14.9. The van der Waals surface area contributed by atoms with Gasteiger partial charge in [-0.3, -0.25) is 9.59 Å². The molecule has 0 saturated heterocycles. The average molecular weight is 417 g/mol. The van der Waals surface area contributed by atoms with Gasteiger partial charge in [-0.2, -0.15) is 0 Å². The van der Waals surface area contributed by atoms with E-state index in [2.05, 4.69) is 5.32 Å². The number of rotatable bonds is 8. The van der Waals surface area contributed by atoms with Crippen LogP contribution in [0.3, 0.4) is 0 Å². The van der Waals surface area contributed by atoms with Gasteiger partial charge in [-0.25, -0.2) is 4.79 Å². The van der Waals surface area contributed by atoms with Crippen LogP contribution in [0.4, 0.5) is 5.69 Å². The molecule has 6 heteroatoms. The summed E-state index contributed by atoms with van der Waals surface area (Å²) in [5.41, 5.74) is 3.66. The SMILES string of the molecule is Cc1ccc(OCC(=O)OCC(=O)c2ccc(NC(=O)c3ccccc3)cc2)cc1C. The number of carbonyl (C=O) groups excluding carboxylic acids is 3. The second-order valence-corrected chi connectivity index (χ2v) is 7.02. The molecular weight excluding hydrogens is 394 g/mol. The molecular formula is C25H23NO5. The van der Waals surface area contributed by atoms with Crippen molar-refractivity contribution in [1.29, 1.82) is 0 Å². The molecule has 0 spiro atoms. The van der Waals surface area contributed by atoms with Crippen LogP contribution < -0.4 is 10.1 Å². The molecule has 0 saturated carbocycles. The molecule has 0 aliphatic rings. The van der Waals surface area contributed by atoms with Crippen molar-refractivity contribution in [3.8, 4) is 5.75 Å². The van der Waals surface area contributed by atoms with Gasteiger partial charge >= 0.3 is 5.97 Å². The Balaban J connectivity index is 1.46. The Morgan fingerprint density at radius 3 is 2.16 bits per heavy atom. The zero-order valence-corrected chi connectivity index (χ0v) is 17.4. The fourth-order valence-electron chi connectivity index (χ4n) is 2.75. The average Bonchev–Trinajstić information content (AvgIpc) is 2.79. The monoisotopic (exact) mass is 417 g/mol. The Hall–Kier alpha value is -3.93. The number of amides is 1. The molecule has 158 valence electrons. The highest BCUT2D eigenvalue weighted by atomic mass is 16.6. The van der Waals surface area contributed by atoms with Crippen molar-refractivity contribution in [2.24, 2.45) is 0 Å². The van der Waals surface area contributed by atoms with Gasteiger partial charge in [0.15, 0.2) is 19.0 Å². The molecule has 31 heavy (non-hydrogen) atoms. The summed E-state index contributed by atoms with van der Waals surface area (Å²) < 4.78 is 10.4. The number of Topliss-reactive ketones (excluding diaryl/α,β-unsaturated/α-hetero) is 1. The quantitative estimate of drug-likeness (QED) is 0.435. The Morgan fingerprint density at radius 1 is 0.774 bits per heavy atom. The van der Waals surface area contributed by atoms with Crippen molar-refractivity contribution in [3.63, 3.8) is 0 Å². The predicted octanol–water partition coefficient (Wildman–Crippen LogP) is 4.36. The lowest BCUT2D eigenvalue weighted by molar-refractivity contribution is -0.144. The summed E-state index contributed by atoms with van der Waals surface area (Å²) in [6.07, 6.45) is 0. The molecule has 1 N–H and O–H groups in total. The number of hydrogen-bond donors (Lipinski definition) is 1. The Bertz CT molecular complexity index is 1070. The summed E-state index contributed by atoms with van der Waals surface area (Å²) in [6, 6.07) is 20.7. The van der Waals surface area contributed by atoms with Crippen molar-refractivity contribution < 1.29 is 23.9 Å². The van der Waals surface area contributed by atoms with E-state index in [1.54, 1.807) is 54.6 Å². The maximum Gasteiger partial charge on any atom is 0.344 e. The minimum atomic E-state index is -0.627. The predicted molar refractivity (Wildman–Crippen MR) is 118 cm³/mol. The van der Waals surface area contributed by atoms with Crippen LogP contribution in [0, 0.1) is 13.8 Å². The number of aryl methyl sites for hydroxylation is 2. The van der Waals surface area contributed by atoms with E-state index >= 15 is 0 Å². The number of nitrogens with one attached hydrogen (secondary N) is 1. The molecule has 0 atom stereocenters. The molecule has 0 radical (unpaired) electrons. The zero-order valence-electron chi connectivity index (χ0n) is 17.4. The lowest BCUT2D eigenvalue weighted by Crippen LogP contribution is -2.19. The number of carbonyl (C=O) groups is 3. The molecule has 0 bridgehead atoms. The number of hydrogen-bond acceptors (Lipinski definition) is 5. The highest BCUT2D eigenvalue weighted by Gasteiger charge is 2.12. The topological polar surface area (TPSA) is 81.7 Å². The number of ketones is 1. The third kappa shape index (κ3) is 6.27. The number of benzene rings is 3. The smallest absolute Gasteiger partial charge is 0.344 e. The van der Waals surface area contributed by atoms with Gasteiger partial charge in [0, 0.05) is 16.8 Å². The summed E-state index contributed by atoms with van der Waals surface area (Å²) in [6.45, 7) is 3.28. The van der Waals surface area contributed by atoms with Gasteiger partial charge in [-0.1, -0.05) is 24.3 Å². The fraction of sp³-hybridized carbons (Fsp3) is 0.160. The minimum absolute atomic E-state index is 0.239. The maximum absolute atomic E-state index is 12.3. The first-order valence-corrected chi connectivity index (χ1v) is 9.78. The van der Waals surface area contributed by atoms with Crippen LogP contribution in [0.2, 0.25) is 0 Å². The van der Waals surface area contributed by atoms with Crippen LogP contribution >= 0.6 is 0 Å². The van der Waals surface area contributed by atoms with E-state index in [0.717, 1.165) is 11.1 Å². The van der Waals surface area contributed by atoms with Crippen molar-refractivity contribution >= 4 is 23.3 Å². The van der Waals surface area contributed by atoms with Crippen molar-refractivity contribution in [2.75, 3.05) is 18.5 Å². The summed E-state index contributed by atoms with van der Waals surface area (Å²) in [5.74, 6) is -0.643. The van der Waals surface area contributed by atoms with E-state index in [9.17, 15) is 14.4 Å². The molecule has 0 unspecified atom stereocenters. The first-order valence-electron chi connectivity index (χ1n) is 9.78. The number of ether oxygens (including phenoxy) is 2. The fourth-order valence-corrected chi connectivity index (χ4v) is 2.75. The number of anilines is 1. The third-order valence-electron chi connectivity index (χ3n) is 4.70. The van der Waals surface area contributed by atoms with Gasteiger partial charge < -0.3 is 14.8 Å². The largest absolute Gasteiger partial charge is 0.482 e. The van der Waals surface area contributed by atoms with Gasteiger partial charge in [-0.05, 0) is 73.5 Å². The zero-order chi connectivity index (χ0) is 22.2. The second-order valence-electron chi connectivity index (χ2n) is 7.02. The van der Waals surface area contributed by atoms with Crippen molar-refractivity contribution in [2.45, 2.75) is 13.8 Å². The van der Waals surface area contributed by atoms with E-state index < -0.39 is 5.97 Å². The molecule has 6 nitrogen and oxygen atoms in total. The first kappa shape index (κ1) is 21.8. The molecule has 0 aromatic heterocycles. The molecule has 0 aliphatic heterocycles. The summed E-state index contributed by atoms with van der Waals surface area (Å²) in [7, 11) is 0. The van der Waals surface area contributed by atoms with Gasteiger partial charge in [0.05, 0.1) is 0 Å². The Labute approximate surface area is 180 Å². The van der Waals surface area contributed by atoms with E-state index in [4.69, 9.17) is 9.47 Å². The summed E-state index contributed by atoms with van der Waals surface area (Å²) in [4.78, 5) is 36.3. The van der Waals surface area contributed by atoms with E-state index in [1.165, 1.54) is 0 Å². The molecule has 3 rings (SSSR count). The summed E-state index contributed by atoms with van der Waals surface area (Å²) >= 11 is 0. The highest BCUT2D eigenvalue weighted by Crippen LogP contribution is 2.16. The Kier molecular flexibility index (Phi) is 7.17. The molecule has 3 aromatic carbocycles. The van der Waals surface area contributed by atoms with Crippen LogP contribution in [-0.2, 0) is 9.53 Å². The van der Waals surface area contributed by atoms with Crippen LogP contribution in [0.1, 0.15) is 31.8 Å². The van der Waals surface area contributed by atoms with E-state index in [-0.39, 0.29) is 24.9 Å². The van der Waals surface area contributed by atoms with Gasteiger partial charge in [-0.15, -0.1) is 0 Å². The number of esters is 1. The lowest BCUT2D eigenvalue weighted by Gasteiger charge is -2.09.